The number of halogens is 4. The molecular weight excluding hydrogens is 431 g/mol. The second kappa shape index (κ2) is 8.81. The fourth-order valence-corrected chi connectivity index (χ4v) is 4.32. The van der Waals surface area contributed by atoms with Crippen LogP contribution in [0.5, 0.6) is 5.75 Å². The lowest BCUT2D eigenvalue weighted by Gasteiger charge is -2.28. The first-order valence-corrected chi connectivity index (χ1v) is 10.3. The summed E-state index contributed by atoms with van der Waals surface area (Å²) in [6.45, 7) is 8.23. The number of nitrogens with zero attached hydrogens (tertiary/aromatic N) is 1. The van der Waals surface area contributed by atoms with Gasteiger partial charge in [-0.25, -0.2) is 0 Å². The molecule has 2 aromatic carbocycles. The maximum absolute atomic E-state index is 12.5. The van der Waals surface area contributed by atoms with Gasteiger partial charge in [0.25, 0.3) is 0 Å². The number of benzene rings is 2. The van der Waals surface area contributed by atoms with Crippen molar-refractivity contribution in [3.05, 3.63) is 63.7 Å². The summed E-state index contributed by atoms with van der Waals surface area (Å²) in [5.41, 5.74) is 3.19. The number of aryl methyl sites for hydroxylation is 2. The van der Waals surface area contributed by atoms with E-state index in [1.807, 2.05) is 50.8 Å². The predicted molar refractivity (Wildman–Crippen MR) is 112 cm³/mol. The molecule has 1 heterocycles. The van der Waals surface area contributed by atoms with Crippen molar-refractivity contribution in [3.63, 3.8) is 0 Å². The van der Waals surface area contributed by atoms with Crippen molar-refractivity contribution < 1.29 is 27.4 Å². The molecule has 0 amide bonds. The largest absolute Gasteiger partial charge is 0.573 e. The molecule has 1 aliphatic rings. The van der Waals surface area contributed by atoms with Crippen LogP contribution in [0.3, 0.4) is 0 Å². The predicted octanol–water partition coefficient (Wildman–Crippen LogP) is 5.78. The van der Waals surface area contributed by atoms with Gasteiger partial charge >= 0.3 is 6.36 Å². The van der Waals surface area contributed by atoms with Crippen LogP contribution in [-0.4, -0.2) is 35.7 Å². The van der Waals surface area contributed by atoms with Gasteiger partial charge in [0.15, 0.2) is 0 Å². The first kappa shape index (κ1) is 23.6. The Morgan fingerprint density at radius 2 is 1.84 bits per heavy atom. The summed E-state index contributed by atoms with van der Waals surface area (Å²) in [5, 5.41) is -0.119. The average Bonchev–Trinajstić information content (AvgIpc) is 2.90. The zero-order valence-corrected chi connectivity index (χ0v) is 18.6. The quantitative estimate of drug-likeness (QED) is 0.518. The molecule has 0 aliphatic carbocycles. The maximum atomic E-state index is 12.5. The van der Waals surface area contributed by atoms with E-state index < -0.39 is 30.0 Å². The van der Waals surface area contributed by atoms with Crippen molar-refractivity contribution in [2.24, 2.45) is 0 Å². The van der Waals surface area contributed by atoms with Gasteiger partial charge in [-0.3, -0.25) is 4.90 Å². The van der Waals surface area contributed by atoms with Crippen molar-refractivity contribution in [1.29, 1.82) is 0 Å². The molecule has 168 valence electrons. The van der Waals surface area contributed by atoms with E-state index in [2.05, 4.69) is 4.74 Å². The molecule has 0 aromatic heterocycles. The Morgan fingerprint density at radius 3 is 2.39 bits per heavy atom. The Hall–Kier alpha value is -2.09. The Kier molecular flexibility index (Phi) is 6.69. The molecule has 0 bridgehead atoms. The van der Waals surface area contributed by atoms with Gasteiger partial charge in [-0.2, -0.15) is 0 Å². The van der Waals surface area contributed by atoms with Crippen LogP contribution < -0.4 is 4.74 Å². The highest BCUT2D eigenvalue weighted by molar-refractivity contribution is 6.32. The van der Waals surface area contributed by atoms with Crippen LogP contribution in [-0.2, 0) is 16.0 Å². The van der Waals surface area contributed by atoms with Gasteiger partial charge in [-0.1, -0.05) is 35.9 Å². The lowest BCUT2D eigenvalue weighted by atomic mass is 9.98. The molecule has 2 atom stereocenters. The standard InChI is InChI=1S/C23H25ClF3NO3/c1-14-6-5-7-15(2)20(14)21-28(19(13-29)22(3,4)31-21)11-10-16-8-9-18(17(24)12-16)30-23(25,26)27/h5-9,12-13,19,21H,10-11H2,1-4H3. The summed E-state index contributed by atoms with van der Waals surface area (Å²) >= 11 is 5.98. The summed E-state index contributed by atoms with van der Waals surface area (Å²) < 4.78 is 47.6. The molecule has 31 heavy (non-hydrogen) atoms. The van der Waals surface area contributed by atoms with Crippen LogP contribution in [0, 0.1) is 13.8 Å². The number of carbonyl (C=O) groups is 1. The highest BCUT2D eigenvalue weighted by Crippen LogP contribution is 2.42. The smallest absolute Gasteiger partial charge is 0.404 e. The van der Waals surface area contributed by atoms with Crippen LogP contribution in [0.4, 0.5) is 13.2 Å². The molecule has 0 radical (unpaired) electrons. The lowest BCUT2D eigenvalue weighted by molar-refractivity contribution is -0.274. The second-order valence-corrected chi connectivity index (χ2v) is 8.67. The second-order valence-electron chi connectivity index (χ2n) is 8.26. The zero-order valence-electron chi connectivity index (χ0n) is 17.8. The van der Waals surface area contributed by atoms with Crippen molar-refractivity contribution in [2.45, 2.75) is 58.3 Å². The van der Waals surface area contributed by atoms with Crippen molar-refractivity contribution in [2.75, 3.05) is 6.54 Å². The molecule has 1 saturated heterocycles. The van der Waals surface area contributed by atoms with Gasteiger partial charge in [0, 0.05) is 12.1 Å². The van der Waals surface area contributed by atoms with E-state index in [4.69, 9.17) is 16.3 Å². The molecule has 2 unspecified atom stereocenters. The van der Waals surface area contributed by atoms with E-state index in [9.17, 15) is 18.0 Å². The molecule has 4 nitrogen and oxygen atoms in total. The van der Waals surface area contributed by atoms with Crippen LogP contribution >= 0.6 is 11.6 Å². The van der Waals surface area contributed by atoms with Crippen LogP contribution in [0.25, 0.3) is 0 Å². The Morgan fingerprint density at radius 1 is 1.19 bits per heavy atom. The topological polar surface area (TPSA) is 38.8 Å². The highest BCUT2D eigenvalue weighted by Gasteiger charge is 2.48. The molecule has 2 aromatic rings. The number of alkyl halides is 3. The molecule has 0 saturated carbocycles. The minimum Gasteiger partial charge on any atom is -0.404 e. The van der Waals surface area contributed by atoms with Crippen LogP contribution in [0.2, 0.25) is 5.02 Å². The Labute approximate surface area is 184 Å². The Bertz CT molecular complexity index is 941. The summed E-state index contributed by atoms with van der Waals surface area (Å²) in [7, 11) is 0. The third kappa shape index (κ3) is 5.22. The lowest BCUT2D eigenvalue weighted by Crippen LogP contribution is -2.43. The number of rotatable bonds is 6. The fraction of sp³-hybridized carbons (Fsp3) is 0.435. The van der Waals surface area contributed by atoms with E-state index in [1.165, 1.54) is 12.1 Å². The zero-order chi connectivity index (χ0) is 23.0. The summed E-state index contributed by atoms with van der Waals surface area (Å²) in [4.78, 5) is 14.0. The number of ether oxygens (including phenoxy) is 2. The van der Waals surface area contributed by atoms with Gasteiger partial charge in [0.05, 0.1) is 16.7 Å². The fourth-order valence-electron chi connectivity index (χ4n) is 4.08. The molecule has 0 spiro atoms. The van der Waals surface area contributed by atoms with Crippen LogP contribution in [0.15, 0.2) is 36.4 Å². The van der Waals surface area contributed by atoms with E-state index in [0.29, 0.717) is 13.0 Å². The van der Waals surface area contributed by atoms with E-state index in [0.717, 1.165) is 28.5 Å². The SMILES string of the molecule is Cc1cccc(C)c1C1OC(C)(C)C(C=O)N1CCc1ccc(OC(F)(F)F)c(Cl)c1. The number of carbonyl (C=O) groups excluding carboxylic acids is 1. The maximum Gasteiger partial charge on any atom is 0.573 e. The third-order valence-corrected chi connectivity index (χ3v) is 5.88. The molecule has 8 heteroatoms. The van der Waals surface area contributed by atoms with Crippen LogP contribution in [0.1, 0.15) is 42.3 Å². The minimum atomic E-state index is -4.81. The van der Waals surface area contributed by atoms with Gasteiger partial charge in [0.1, 0.15) is 18.3 Å². The number of hydrogen-bond donors (Lipinski definition) is 0. The first-order valence-electron chi connectivity index (χ1n) is 9.92. The summed E-state index contributed by atoms with van der Waals surface area (Å²) in [6, 6.07) is 9.71. The monoisotopic (exact) mass is 455 g/mol. The molecule has 1 aliphatic heterocycles. The van der Waals surface area contributed by atoms with Crippen molar-refractivity contribution in [1.82, 2.24) is 4.90 Å². The van der Waals surface area contributed by atoms with Crippen molar-refractivity contribution in [3.8, 4) is 5.75 Å². The number of hydrogen-bond acceptors (Lipinski definition) is 4. The summed E-state index contributed by atoms with van der Waals surface area (Å²) in [5.74, 6) is -0.442. The van der Waals surface area contributed by atoms with E-state index in [1.54, 1.807) is 6.07 Å². The van der Waals surface area contributed by atoms with Gasteiger partial charge < -0.3 is 14.3 Å². The average molecular weight is 456 g/mol. The molecule has 3 rings (SSSR count). The molecular formula is C23H25ClF3NO3. The van der Waals surface area contributed by atoms with E-state index >= 15 is 0 Å². The first-order chi connectivity index (χ1) is 14.4. The summed E-state index contributed by atoms with van der Waals surface area (Å²) in [6.07, 6.45) is -3.85. The number of aldehydes is 1. The van der Waals surface area contributed by atoms with Gasteiger partial charge in [0.2, 0.25) is 0 Å². The normalized spacial score (nSPS) is 21.3. The van der Waals surface area contributed by atoms with E-state index in [-0.39, 0.29) is 5.02 Å². The molecule has 0 N–H and O–H groups in total. The Balaban J connectivity index is 1.85. The van der Waals surface area contributed by atoms with Crippen molar-refractivity contribution >= 4 is 17.9 Å². The minimum absolute atomic E-state index is 0.119. The van der Waals surface area contributed by atoms with Gasteiger partial charge in [-0.05, 0) is 62.9 Å². The molecule has 1 fully saturated rings. The van der Waals surface area contributed by atoms with Gasteiger partial charge in [-0.15, -0.1) is 13.2 Å². The third-order valence-electron chi connectivity index (χ3n) is 5.58. The highest BCUT2D eigenvalue weighted by atomic mass is 35.5.